The van der Waals surface area contributed by atoms with Crippen molar-refractivity contribution >= 4 is 29.9 Å². The highest BCUT2D eigenvalue weighted by molar-refractivity contribution is 14.0. The Hall–Kier alpha value is -0.870. The fourth-order valence-electron chi connectivity index (χ4n) is 2.28. The van der Waals surface area contributed by atoms with Crippen LogP contribution in [0.15, 0.2) is 17.4 Å². The fourth-order valence-corrected chi connectivity index (χ4v) is 2.28. The van der Waals surface area contributed by atoms with Gasteiger partial charge in [-0.05, 0) is 0 Å². The molecular weight excluding hydrogens is 385 g/mol. The number of aryl methyl sites for hydroxylation is 1. The SMILES string of the molecule is CN=C(NCc1cnn(C)c1)N1CCOC(COC)C1.I. The molecule has 1 aliphatic rings. The van der Waals surface area contributed by atoms with Crippen molar-refractivity contribution in [3.05, 3.63) is 18.0 Å². The first-order valence-electron chi connectivity index (χ1n) is 6.76. The van der Waals surface area contributed by atoms with Crippen LogP contribution in [0.3, 0.4) is 0 Å². The average molecular weight is 409 g/mol. The second kappa shape index (κ2) is 9.21. The molecule has 0 radical (unpaired) electrons. The number of nitrogens with zero attached hydrogens (tertiary/aromatic N) is 4. The molecule has 1 saturated heterocycles. The number of nitrogens with one attached hydrogen (secondary N) is 1. The van der Waals surface area contributed by atoms with Crippen molar-refractivity contribution in [3.8, 4) is 0 Å². The van der Waals surface area contributed by atoms with Crippen LogP contribution in [-0.4, -0.2) is 67.2 Å². The van der Waals surface area contributed by atoms with Crippen molar-refractivity contribution in [1.29, 1.82) is 0 Å². The molecule has 1 aromatic rings. The Morgan fingerprint density at radius 3 is 3.05 bits per heavy atom. The van der Waals surface area contributed by atoms with Crippen LogP contribution in [0.2, 0.25) is 0 Å². The van der Waals surface area contributed by atoms with Crippen molar-refractivity contribution in [2.24, 2.45) is 12.0 Å². The van der Waals surface area contributed by atoms with Gasteiger partial charge in [0, 0.05) is 52.6 Å². The minimum absolute atomic E-state index is 0. The topological polar surface area (TPSA) is 63.9 Å². The lowest BCUT2D eigenvalue weighted by Crippen LogP contribution is -2.51. The number of methoxy groups -OCH3 is 1. The number of aromatic nitrogens is 2. The van der Waals surface area contributed by atoms with Gasteiger partial charge in [-0.2, -0.15) is 5.10 Å². The largest absolute Gasteiger partial charge is 0.382 e. The standard InChI is InChI=1S/C13H23N5O2.HI/c1-14-13(15-6-11-7-16-17(2)8-11)18-4-5-20-12(9-18)10-19-3;/h7-8,12H,4-6,9-10H2,1-3H3,(H,14,15);1H. The molecule has 1 aromatic heterocycles. The van der Waals surface area contributed by atoms with Crippen LogP contribution in [0, 0.1) is 0 Å². The highest BCUT2D eigenvalue weighted by atomic mass is 127. The molecule has 1 N–H and O–H groups in total. The van der Waals surface area contributed by atoms with Gasteiger partial charge in [0.2, 0.25) is 0 Å². The number of halogens is 1. The van der Waals surface area contributed by atoms with Crippen LogP contribution in [0.5, 0.6) is 0 Å². The number of morpholine rings is 1. The van der Waals surface area contributed by atoms with E-state index in [1.165, 1.54) is 0 Å². The third-order valence-corrected chi connectivity index (χ3v) is 3.21. The molecule has 8 heteroatoms. The van der Waals surface area contributed by atoms with Gasteiger partial charge < -0.3 is 19.7 Å². The van der Waals surface area contributed by atoms with Crippen molar-refractivity contribution < 1.29 is 9.47 Å². The van der Waals surface area contributed by atoms with E-state index in [-0.39, 0.29) is 30.1 Å². The first-order valence-corrected chi connectivity index (χ1v) is 6.76. The van der Waals surface area contributed by atoms with E-state index in [4.69, 9.17) is 9.47 Å². The van der Waals surface area contributed by atoms with Gasteiger partial charge in [-0.1, -0.05) is 0 Å². The first-order chi connectivity index (χ1) is 9.72. The molecule has 0 amide bonds. The number of hydrogen-bond donors (Lipinski definition) is 1. The highest BCUT2D eigenvalue weighted by Gasteiger charge is 2.22. The average Bonchev–Trinajstić information content (AvgIpc) is 2.86. The van der Waals surface area contributed by atoms with Gasteiger partial charge in [0.15, 0.2) is 5.96 Å². The number of hydrogen-bond acceptors (Lipinski definition) is 4. The number of aliphatic imine (C=N–C) groups is 1. The smallest absolute Gasteiger partial charge is 0.194 e. The van der Waals surface area contributed by atoms with Gasteiger partial charge in [0.05, 0.1) is 25.5 Å². The second-order valence-corrected chi connectivity index (χ2v) is 4.82. The van der Waals surface area contributed by atoms with E-state index in [0.29, 0.717) is 19.8 Å². The summed E-state index contributed by atoms with van der Waals surface area (Å²) >= 11 is 0. The summed E-state index contributed by atoms with van der Waals surface area (Å²) in [6.45, 7) is 3.65. The van der Waals surface area contributed by atoms with Gasteiger partial charge in [-0.3, -0.25) is 9.67 Å². The van der Waals surface area contributed by atoms with Crippen molar-refractivity contribution in [3.63, 3.8) is 0 Å². The van der Waals surface area contributed by atoms with E-state index in [0.717, 1.165) is 24.6 Å². The Kier molecular flexibility index (Phi) is 7.97. The summed E-state index contributed by atoms with van der Waals surface area (Å²) in [5.74, 6) is 0.887. The summed E-state index contributed by atoms with van der Waals surface area (Å²) in [6.07, 6.45) is 3.95. The summed E-state index contributed by atoms with van der Waals surface area (Å²) in [5.41, 5.74) is 1.13. The third kappa shape index (κ3) is 5.44. The zero-order valence-corrected chi connectivity index (χ0v) is 15.1. The van der Waals surface area contributed by atoms with Crippen LogP contribution in [0.1, 0.15) is 5.56 Å². The van der Waals surface area contributed by atoms with E-state index in [1.807, 2.05) is 19.4 Å². The van der Waals surface area contributed by atoms with Gasteiger partial charge in [-0.15, -0.1) is 24.0 Å². The maximum absolute atomic E-state index is 5.65. The van der Waals surface area contributed by atoms with E-state index in [1.54, 1.807) is 18.8 Å². The quantitative estimate of drug-likeness (QED) is 0.445. The minimum Gasteiger partial charge on any atom is -0.382 e. The van der Waals surface area contributed by atoms with Crippen LogP contribution in [-0.2, 0) is 23.1 Å². The molecule has 2 rings (SSSR count). The molecule has 0 aliphatic carbocycles. The van der Waals surface area contributed by atoms with Gasteiger partial charge in [0.25, 0.3) is 0 Å². The van der Waals surface area contributed by atoms with E-state index in [2.05, 4.69) is 20.3 Å². The molecule has 21 heavy (non-hydrogen) atoms. The van der Waals surface area contributed by atoms with Crippen molar-refractivity contribution in [2.75, 3.05) is 40.5 Å². The molecular formula is C13H24IN5O2. The summed E-state index contributed by atoms with van der Waals surface area (Å²) in [7, 11) is 5.40. The molecule has 0 bridgehead atoms. The molecule has 1 fully saturated rings. The zero-order chi connectivity index (χ0) is 14.4. The lowest BCUT2D eigenvalue weighted by molar-refractivity contribution is -0.0447. The molecule has 1 atom stereocenters. The van der Waals surface area contributed by atoms with Crippen LogP contribution in [0.4, 0.5) is 0 Å². The highest BCUT2D eigenvalue weighted by Crippen LogP contribution is 2.06. The Morgan fingerprint density at radius 1 is 1.62 bits per heavy atom. The molecule has 0 aromatic carbocycles. The van der Waals surface area contributed by atoms with E-state index < -0.39 is 0 Å². The number of ether oxygens (including phenoxy) is 2. The zero-order valence-electron chi connectivity index (χ0n) is 12.8. The predicted octanol–water partition coefficient (Wildman–Crippen LogP) is 0.461. The monoisotopic (exact) mass is 409 g/mol. The predicted molar refractivity (Wildman–Crippen MR) is 92.0 cm³/mol. The fraction of sp³-hybridized carbons (Fsp3) is 0.692. The summed E-state index contributed by atoms with van der Waals surface area (Å²) in [6, 6.07) is 0. The van der Waals surface area contributed by atoms with E-state index in [9.17, 15) is 0 Å². The maximum atomic E-state index is 5.65. The molecule has 0 saturated carbocycles. The molecule has 0 spiro atoms. The molecule has 7 nitrogen and oxygen atoms in total. The van der Waals surface area contributed by atoms with Gasteiger partial charge >= 0.3 is 0 Å². The lowest BCUT2D eigenvalue weighted by atomic mass is 10.3. The maximum Gasteiger partial charge on any atom is 0.194 e. The van der Waals surface area contributed by atoms with Crippen LogP contribution >= 0.6 is 24.0 Å². The summed E-state index contributed by atoms with van der Waals surface area (Å²) in [4.78, 5) is 6.53. The Balaban J connectivity index is 0.00000220. The Bertz CT molecular complexity index is 450. The van der Waals surface area contributed by atoms with Crippen LogP contribution in [0.25, 0.3) is 0 Å². The number of rotatable bonds is 4. The van der Waals surface area contributed by atoms with Gasteiger partial charge in [0.1, 0.15) is 0 Å². The molecule has 1 unspecified atom stereocenters. The Labute approximate surface area is 142 Å². The lowest BCUT2D eigenvalue weighted by Gasteiger charge is -2.34. The van der Waals surface area contributed by atoms with E-state index >= 15 is 0 Å². The van der Waals surface area contributed by atoms with Gasteiger partial charge in [-0.25, -0.2) is 0 Å². The molecule has 2 heterocycles. The van der Waals surface area contributed by atoms with Crippen molar-refractivity contribution in [1.82, 2.24) is 20.0 Å². The minimum atomic E-state index is 0. The second-order valence-electron chi connectivity index (χ2n) is 4.82. The summed E-state index contributed by atoms with van der Waals surface area (Å²) in [5, 5.41) is 7.51. The third-order valence-electron chi connectivity index (χ3n) is 3.21. The summed E-state index contributed by atoms with van der Waals surface area (Å²) < 4.78 is 12.6. The molecule has 120 valence electrons. The Morgan fingerprint density at radius 2 is 2.43 bits per heavy atom. The van der Waals surface area contributed by atoms with Crippen LogP contribution < -0.4 is 5.32 Å². The molecule has 1 aliphatic heterocycles. The normalized spacial score (nSPS) is 19.3. The first kappa shape index (κ1) is 18.2. The number of guanidine groups is 1. The van der Waals surface area contributed by atoms with Crippen molar-refractivity contribution in [2.45, 2.75) is 12.6 Å².